The van der Waals surface area contributed by atoms with Crippen LogP contribution in [0, 0.1) is 6.92 Å². The number of carbonyl (C=O) groups excluding carboxylic acids is 1. The maximum atomic E-state index is 12.9. The van der Waals surface area contributed by atoms with Crippen molar-refractivity contribution in [3.05, 3.63) is 87.1 Å². The average molecular weight is 436 g/mol. The van der Waals surface area contributed by atoms with E-state index in [0.717, 1.165) is 17.5 Å². The Labute approximate surface area is 187 Å². The summed E-state index contributed by atoms with van der Waals surface area (Å²) in [4.78, 5) is 24.4. The van der Waals surface area contributed by atoms with E-state index in [0.29, 0.717) is 30.2 Å². The average Bonchev–Trinajstić information content (AvgIpc) is 3.09. The van der Waals surface area contributed by atoms with Crippen molar-refractivity contribution in [1.29, 1.82) is 0 Å². The van der Waals surface area contributed by atoms with Gasteiger partial charge in [-0.25, -0.2) is 14.3 Å². The Bertz CT molecular complexity index is 1140. The molecule has 32 heavy (non-hydrogen) atoms. The Kier molecular flexibility index (Phi) is 7.65. The summed E-state index contributed by atoms with van der Waals surface area (Å²) in [5.74, 6) is 0.886. The molecule has 0 bridgehead atoms. The highest BCUT2D eigenvalue weighted by Crippen LogP contribution is 2.16. The molecule has 0 unspecified atom stereocenters. The van der Waals surface area contributed by atoms with Crippen LogP contribution >= 0.6 is 0 Å². The van der Waals surface area contributed by atoms with Gasteiger partial charge in [0.2, 0.25) is 0 Å². The summed E-state index contributed by atoms with van der Waals surface area (Å²) >= 11 is 0. The van der Waals surface area contributed by atoms with E-state index in [-0.39, 0.29) is 18.3 Å². The SMILES string of the molecule is CCCn1c(COc2ccc(/C=C(\C)C(=O)OC)cc2)nn(Cc2ccc(C)cc2)c1=O. The van der Waals surface area contributed by atoms with Crippen molar-refractivity contribution < 1.29 is 14.3 Å². The molecule has 0 aliphatic rings. The molecule has 0 saturated carbocycles. The van der Waals surface area contributed by atoms with E-state index in [1.54, 1.807) is 17.6 Å². The normalized spacial score (nSPS) is 11.4. The Morgan fingerprint density at radius 3 is 2.41 bits per heavy atom. The lowest BCUT2D eigenvalue weighted by Crippen LogP contribution is -2.26. The lowest BCUT2D eigenvalue weighted by molar-refractivity contribution is -0.135. The molecule has 0 amide bonds. The Morgan fingerprint density at radius 2 is 1.78 bits per heavy atom. The van der Waals surface area contributed by atoms with Crippen molar-refractivity contribution in [3.63, 3.8) is 0 Å². The monoisotopic (exact) mass is 435 g/mol. The van der Waals surface area contributed by atoms with Crippen LogP contribution in [0.15, 0.2) is 58.9 Å². The van der Waals surface area contributed by atoms with Gasteiger partial charge in [-0.1, -0.05) is 48.9 Å². The summed E-state index contributed by atoms with van der Waals surface area (Å²) in [7, 11) is 1.36. The van der Waals surface area contributed by atoms with E-state index in [9.17, 15) is 9.59 Å². The molecule has 7 heteroatoms. The number of rotatable bonds is 9. The highest BCUT2D eigenvalue weighted by molar-refractivity contribution is 5.92. The zero-order valence-corrected chi connectivity index (χ0v) is 19.0. The van der Waals surface area contributed by atoms with Gasteiger partial charge in [0.1, 0.15) is 12.4 Å². The van der Waals surface area contributed by atoms with E-state index in [2.05, 4.69) is 5.10 Å². The number of nitrogens with zero attached hydrogens (tertiary/aromatic N) is 3. The molecule has 0 radical (unpaired) electrons. The zero-order valence-electron chi connectivity index (χ0n) is 19.0. The Balaban J connectivity index is 1.73. The fourth-order valence-electron chi connectivity index (χ4n) is 3.29. The molecule has 0 atom stereocenters. The van der Waals surface area contributed by atoms with Crippen molar-refractivity contribution in [2.75, 3.05) is 7.11 Å². The van der Waals surface area contributed by atoms with Gasteiger partial charge in [0, 0.05) is 12.1 Å². The first kappa shape index (κ1) is 23.1. The molecule has 3 rings (SSSR count). The molecule has 3 aromatic rings. The summed E-state index contributed by atoms with van der Waals surface area (Å²) in [6, 6.07) is 15.4. The first-order valence-electron chi connectivity index (χ1n) is 10.6. The van der Waals surface area contributed by atoms with Crippen LogP contribution in [0.3, 0.4) is 0 Å². The lowest BCUT2D eigenvalue weighted by atomic mass is 10.1. The third-order valence-corrected chi connectivity index (χ3v) is 5.04. The summed E-state index contributed by atoms with van der Waals surface area (Å²) in [5, 5.41) is 4.53. The largest absolute Gasteiger partial charge is 0.486 e. The first-order valence-corrected chi connectivity index (χ1v) is 10.6. The van der Waals surface area contributed by atoms with Gasteiger partial charge in [-0.2, -0.15) is 5.10 Å². The second-order valence-corrected chi connectivity index (χ2v) is 7.67. The predicted molar refractivity (Wildman–Crippen MR) is 124 cm³/mol. The molecule has 0 saturated heterocycles. The highest BCUT2D eigenvalue weighted by atomic mass is 16.5. The van der Waals surface area contributed by atoms with Gasteiger partial charge in [-0.3, -0.25) is 4.57 Å². The number of carbonyl (C=O) groups is 1. The molecule has 0 fully saturated rings. The number of aromatic nitrogens is 3. The second kappa shape index (κ2) is 10.6. The topological polar surface area (TPSA) is 75.3 Å². The molecule has 1 heterocycles. The molecule has 0 spiro atoms. The summed E-state index contributed by atoms with van der Waals surface area (Å²) < 4.78 is 13.8. The lowest BCUT2D eigenvalue weighted by Gasteiger charge is -2.07. The minimum absolute atomic E-state index is 0.134. The number of benzene rings is 2. The van der Waals surface area contributed by atoms with Crippen molar-refractivity contribution in [1.82, 2.24) is 14.3 Å². The molecule has 1 aromatic heterocycles. The van der Waals surface area contributed by atoms with Gasteiger partial charge in [-0.15, -0.1) is 0 Å². The quantitative estimate of drug-likeness (QED) is 0.376. The van der Waals surface area contributed by atoms with Gasteiger partial charge < -0.3 is 9.47 Å². The number of hydrogen-bond acceptors (Lipinski definition) is 5. The van der Waals surface area contributed by atoms with Crippen LogP contribution in [0.25, 0.3) is 6.08 Å². The molecular weight excluding hydrogens is 406 g/mol. The minimum atomic E-state index is -0.361. The van der Waals surface area contributed by atoms with Gasteiger partial charge in [0.05, 0.1) is 13.7 Å². The van der Waals surface area contributed by atoms with Crippen LogP contribution in [0.2, 0.25) is 0 Å². The third kappa shape index (κ3) is 5.75. The van der Waals surface area contributed by atoms with Crippen LogP contribution in [-0.2, 0) is 29.2 Å². The molecular formula is C25H29N3O4. The fraction of sp³-hybridized carbons (Fsp3) is 0.320. The first-order chi connectivity index (χ1) is 15.4. The Hall–Kier alpha value is -3.61. The second-order valence-electron chi connectivity index (χ2n) is 7.67. The van der Waals surface area contributed by atoms with E-state index in [1.807, 2.05) is 62.4 Å². The number of ether oxygens (including phenoxy) is 2. The number of aryl methyl sites for hydroxylation is 1. The van der Waals surface area contributed by atoms with Crippen molar-refractivity contribution in [2.24, 2.45) is 0 Å². The van der Waals surface area contributed by atoms with Crippen LogP contribution < -0.4 is 10.4 Å². The fourth-order valence-corrected chi connectivity index (χ4v) is 3.29. The summed E-state index contributed by atoms with van der Waals surface area (Å²) in [6.07, 6.45) is 2.57. The van der Waals surface area contributed by atoms with Crippen LogP contribution in [0.1, 0.15) is 42.8 Å². The van der Waals surface area contributed by atoms with E-state index >= 15 is 0 Å². The molecule has 0 N–H and O–H groups in total. The van der Waals surface area contributed by atoms with E-state index in [1.165, 1.54) is 17.4 Å². The number of hydrogen-bond donors (Lipinski definition) is 0. The standard InChI is InChI=1S/C25H29N3O4/c1-5-14-27-23(26-28(25(27)30)16-21-8-6-18(2)7-9-21)17-32-22-12-10-20(11-13-22)15-19(3)24(29)31-4/h6-13,15H,5,14,16-17H2,1-4H3/b19-15+. The molecule has 7 nitrogen and oxygen atoms in total. The maximum absolute atomic E-state index is 12.9. The predicted octanol–water partition coefficient (Wildman–Crippen LogP) is 3.97. The van der Waals surface area contributed by atoms with E-state index in [4.69, 9.17) is 9.47 Å². The van der Waals surface area contributed by atoms with Gasteiger partial charge in [0.25, 0.3) is 0 Å². The minimum Gasteiger partial charge on any atom is -0.486 e. The molecule has 0 aliphatic heterocycles. The van der Waals surface area contributed by atoms with Gasteiger partial charge in [0.15, 0.2) is 5.82 Å². The smallest absolute Gasteiger partial charge is 0.346 e. The third-order valence-electron chi connectivity index (χ3n) is 5.04. The number of esters is 1. The molecule has 2 aromatic carbocycles. The van der Waals surface area contributed by atoms with Crippen molar-refractivity contribution in [2.45, 2.75) is 46.9 Å². The zero-order chi connectivity index (χ0) is 23.1. The summed E-state index contributed by atoms with van der Waals surface area (Å²) in [6.45, 7) is 6.95. The Morgan fingerprint density at radius 1 is 1.09 bits per heavy atom. The van der Waals surface area contributed by atoms with Crippen LogP contribution in [0.4, 0.5) is 0 Å². The highest BCUT2D eigenvalue weighted by Gasteiger charge is 2.14. The summed E-state index contributed by atoms with van der Waals surface area (Å²) in [5.41, 5.74) is 3.45. The van der Waals surface area contributed by atoms with E-state index < -0.39 is 0 Å². The molecule has 168 valence electrons. The van der Waals surface area contributed by atoms with Gasteiger partial charge >= 0.3 is 11.7 Å². The van der Waals surface area contributed by atoms with Gasteiger partial charge in [-0.05, 0) is 49.6 Å². The van der Waals surface area contributed by atoms with Crippen LogP contribution in [0.5, 0.6) is 5.75 Å². The van der Waals surface area contributed by atoms with Crippen LogP contribution in [-0.4, -0.2) is 27.4 Å². The maximum Gasteiger partial charge on any atom is 0.346 e. The van der Waals surface area contributed by atoms with Crippen molar-refractivity contribution in [3.8, 4) is 5.75 Å². The number of methoxy groups -OCH3 is 1. The molecule has 0 aliphatic carbocycles. The van der Waals surface area contributed by atoms with Crippen molar-refractivity contribution >= 4 is 12.0 Å².